The summed E-state index contributed by atoms with van der Waals surface area (Å²) in [5, 5.41) is 0. The van der Waals surface area contributed by atoms with Gasteiger partial charge in [-0.15, -0.1) is 0 Å². The van der Waals surface area contributed by atoms with Gasteiger partial charge >= 0.3 is 0 Å². The minimum atomic E-state index is -0.300. The first-order valence-electron chi connectivity index (χ1n) is 13.0. The maximum atomic E-state index is 14.0. The van der Waals surface area contributed by atoms with E-state index in [0.717, 1.165) is 45.0 Å². The molecule has 2 fully saturated rings. The molecule has 0 bridgehead atoms. The van der Waals surface area contributed by atoms with Crippen LogP contribution < -0.4 is 0 Å². The zero-order valence-corrected chi connectivity index (χ0v) is 20.7. The molecule has 0 spiro atoms. The average Bonchev–Trinajstić information content (AvgIpc) is 2.96. The van der Waals surface area contributed by atoms with Gasteiger partial charge in [0.05, 0.1) is 13.2 Å². The van der Waals surface area contributed by atoms with E-state index in [1.54, 1.807) is 0 Å². The van der Waals surface area contributed by atoms with Gasteiger partial charge in [0.1, 0.15) is 0 Å². The number of likely N-dealkylation sites (tertiary alicyclic amines) is 1. The third-order valence-electron chi connectivity index (χ3n) is 7.59. The molecule has 5 heteroatoms. The third kappa shape index (κ3) is 5.65. The Morgan fingerprint density at radius 1 is 0.639 bits per heavy atom. The largest absolute Gasteiger partial charge is 0.379 e. The highest BCUT2D eigenvalue weighted by Crippen LogP contribution is 2.40. The molecule has 3 aromatic rings. The van der Waals surface area contributed by atoms with Crippen LogP contribution in [0.15, 0.2) is 91.0 Å². The van der Waals surface area contributed by atoms with Crippen molar-refractivity contribution in [3.8, 4) is 0 Å². The average molecular weight is 483 g/mol. The summed E-state index contributed by atoms with van der Waals surface area (Å²) >= 11 is 0. The van der Waals surface area contributed by atoms with E-state index in [-0.39, 0.29) is 29.3 Å². The van der Waals surface area contributed by atoms with Gasteiger partial charge in [-0.1, -0.05) is 91.0 Å². The molecule has 0 saturated carbocycles. The Kier molecular flexibility index (Phi) is 8.01. The predicted octanol–water partition coefficient (Wildman–Crippen LogP) is 4.42. The molecule has 5 rings (SSSR count). The van der Waals surface area contributed by atoms with Crippen LogP contribution in [0.2, 0.25) is 0 Å². The van der Waals surface area contributed by atoms with Crippen molar-refractivity contribution in [3.05, 3.63) is 108 Å². The van der Waals surface area contributed by atoms with Crippen molar-refractivity contribution < 1.29 is 14.3 Å². The lowest BCUT2D eigenvalue weighted by Crippen LogP contribution is -2.52. The van der Waals surface area contributed by atoms with Crippen molar-refractivity contribution in [2.45, 2.75) is 5.92 Å². The fourth-order valence-corrected chi connectivity index (χ4v) is 5.69. The van der Waals surface area contributed by atoms with Gasteiger partial charge in [0.2, 0.25) is 0 Å². The number of carbonyl (C=O) groups excluding carboxylic acids is 2. The Labute approximate surface area is 213 Å². The van der Waals surface area contributed by atoms with Crippen molar-refractivity contribution in [3.63, 3.8) is 0 Å². The Bertz CT molecular complexity index is 1070. The van der Waals surface area contributed by atoms with E-state index >= 15 is 0 Å². The molecular weight excluding hydrogens is 448 g/mol. The number of ketones is 2. The van der Waals surface area contributed by atoms with Crippen LogP contribution in [0, 0.1) is 11.8 Å². The molecule has 2 saturated heterocycles. The molecule has 2 aliphatic rings. The van der Waals surface area contributed by atoms with Crippen LogP contribution in [0.4, 0.5) is 0 Å². The van der Waals surface area contributed by atoms with Gasteiger partial charge < -0.3 is 9.64 Å². The quantitative estimate of drug-likeness (QED) is 0.445. The Morgan fingerprint density at radius 2 is 1.08 bits per heavy atom. The van der Waals surface area contributed by atoms with Crippen LogP contribution in [0.25, 0.3) is 0 Å². The van der Waals surface area contributed by atoms with Crippen molar-refractivity contribution in [1.29, 1.82) is 0 Å². The number of morpholine rings is 1. The SMILES string of the molecule is O=C(c1ccccc1)[C@H]1CN(CCN2CCOCC2)C[C@@H](C(=O)c2ccccc2)[C@H]1c1ccccc1. The van der Waals surface area contributed by atoms with Crippen LogP contribution in [-0.2, 0) is 4.74 Å². The minimum Gasteiger partial charge on any atom is -0.379 e. The van der Waals surface area contributed by atoms with Gasteiger partial charge in [0, 0.05) is 68.1 Å². The molecule has 36 heavy (non-hydrogen) atoms. The number of benzene rings is 3. The number of hydrogen-bond acceptors (Lipinski definition) is 5. The Morgan fingerprint density at radius 3 is 1.58 bits per heavy atom. The molecule has 2 aliphatic heterocycles. The van der Waals surface area contributed by atoms with Gasteiger partial charge in [-0.3, -0.25) is 14.5 Å². The van der Waals surface area contributed by atoms with Crippen LogP contribution in [-0.4, -0.2) is 73.8 Å². The fourth-order valence-electron chi connectivity index (χ4n) is 5.69. The van der Waals surface area contributed by atoms with E-state index in [1.165, 1.54) is 0 Å². The summed E-state index contributed by atoms with van der Waals surface area (Å²) in [5.41, 5.74) is 2.49. The number of carbonyl (C=O) groups is 2. The van der Waals surface area contributed by atoms with Crippen molar-refractivity contribution in [2.75, 3.05) is 52.5 Å². The topological polar surface area (TPSA) is 49.9 Å². The van der Waals surface area contributed by atoms with E-state index in [0.29, 0.717) is 24.2 Å². The lowest BCUT2D eigenvalue weighted by atomic mass is 9.68. The molecule has 0 radical (unpaired) electrons. The first kappa shape index (κ1) is 24.6. The monoisotopic (exact) mass is 482 g/mol. The zero-order valence-electron chi connectivity index (χ0n) is 20.7. The van der Waals surface area contributed by atoms with Gasteiger partial charge in [-0.25, -0.2) is 0 Å². The first-order valence-corrected chi connectivity index (χ1v) is 13.0. The fraction of sp³-hybridized carbons (Fsp3) is 0.355. The van der Waals surface area contributed by atoms with E-state index in [2.05, 4.69) is 21.9 Å². The van der Waals surface area contributed by atoms with Crippen LogP contribution in [0.3, 0.4) is 0 Å². The summed E-state index contributed by atoms with van der Waals surface area (Å²) in [6, 6.07) is 29.2. The standard InChI is InChI=1S/C31H34N2O3/c34-30(25-12-6-2-7-13-25)27-22-33(17-16-32-18-20-36-21-19-32)23-28(29(27)24-10-4-1-5-11-24)31(35)26-14-8-3-9-15-26/h1-15,27-29H,16-23H2/t27-,28+,29-. The van der Waals surface area contributed by atoms with Crippen LogP contribution >= 0.6 is 0 Å². The summed E-state index contributed by atoms with van der Waals surface area (Å²) in [6.07, 6.45) is 0. The second-order valence-electron chi connectivity index (χ2n) is 9.82. The molecule has 0 N–H and O–H groups in total. The molecule has 186 valence electrons. The van der Waals surface area contributed by atoms with Gasteiger partial charge in [-0.2, -0.15) is 0 Å². The molecule has 0 amide bonds. The molecule has 0 aliphatic carbocycles. The maximum absolute atomic E-state index is 14.0. The van der Waals surface area contributed by atoms with Gasteiger partial charge in [0.15, 0.2) is 11.6 Å². The Balaban J connectivity index is 1.49. The van der Waals surface area contributed by atoms with E-state index in [1.807, 2.05) is 78.9 Å². The number of hydrogen-bond donors (Lipinski definition) is 0. The molecule has 0 unspecified atom stereocenters. The lowest BCUT2D eigenvalue weighted by molar-refractivity contribution is 0.0258. The van der Waals surface area contributed by atoms with E-state index < -0.39 is 0 Å². The summed E-state index contributed by atoms with van der Waals surface area (Å²) in [4.78, 5) is 32.7. The van der Waals surface area contributed by atoms with Gasteiger partial charge in [-0.05, 0) is 5.56 Å². The van der Waals surface area contributed by atoms with Crippen LogP contribution in [0.1, 0.15) is 32.2 Å². The number of ether oxygens (including phenoxy) is 1. The summed E-state index contributed by atoms with van der Waals surface area (Å²) in [6.45, 7) is 6.43. The normalized spacial score (nSPS) is 23.3. The van der Waals surface area contributed by atoms with E-state index in [4.69, 9.17) is 4.74 Å². The van der Waals surface area contributed by atoms with Gasteiger partial charge in [0.25, 0.3) is 0 Å². The highest BCUT2D eigenvalue weighted by Gasteiger charge is 2.44. The van der Waals surface area contributed by atoms with Crippen LogP contribution in [0.5, 0.6) is 0 Å². The highest BCUT2D eigenvalue weighted by molar-refractivity contribution is 6.02. The molecule has 3 atom stereocenters. The number of Topliss-reactive ketones (excluding diaryl/α,β-unsaturated/α-hetero) is 2. The molecular formula is C31H34N2O3. The van der Waals surface area contributed by atoms with Crippen molar-refractivity contribution in [1.82, 2.24) is 9.80 Å². The smallest absolute Gasteiger partial charge is 0.167 e. The molecule has 2 heterocycles. The number of rotatable bonds is 8. The highest BCUT2D eigenvalue weighted by atomic mass is 16.5. The second kappa shape index (κ2) is 11.7. The van der Waals surface area contributed by atoms with E-state index in [9.17, 15) is 9.59 Å². The molecule has 5 nitrogen and oxygen atoms in total. The van der Waals surface area contributed by atoms with Crippen molar-refractivity contribution in [2.24, 2.45) is 11.8 Å². The zero-order chi connectivity index (χ0) is 24.7. The number of nitrogens with zero attached hydrogens (tertiary/aromatic N) is 2. The molecule has 0 aromatic heterocycles. The third-order valence-corrected chi connectivity index (χ3v) is 7.59. The maximum Gasteiger partial charge on any atom is 0.167 e. The lowest BCUT2D eigenvalue weighted by Gasteiger charge is -2.43. The summed E-state index contributed by atoms with van der Waals surface area (Å²) in [7, 11) is 0. The molecule has 3 aromatic carbocycles. The summed E-state index contributed by atoms with van der Waals surface area (Å²) in [5.74, 6) is -0.541. The summed E-state index contributed by atoms with van der Waals surface area (Å²) < 4.78 is 5.51. The predicted molar refractivity (Wildman–Crippen MR) is 141 cm³/mol. The minimum absolute atomic E-state index is 0.117. The van der Waals surface area contributed by atoms with Crippen molar-refractivity contribution >= 4 is 11.6 Å². The second-order valence-corrected chi connectivity index (χ2v) is 9.82. The Hall–Kier alpha value is -3.12. The number of piperidine rings is 1. The first-order chi connectivity index (χ1) is 17.7.